The minimum Gasteiger partial charge on any atom is -0.481 e. The second-order valence-electron chi connectivity index (χ2n) is 5.08. The van der Waals surface area contributed by atoms with Crippen LogP contribution >= 0.6 is 11.8 Å². The average Bonchev–Trinajstić information content (AvgIpc) is 2.78. The first-order chi connectivity index (χ1) is 9.11. The van der Waals surface area contributed by atoms with Crippen molar-refractivity contribution in [2.45, 2.75) is 37.1 Å². The third-order valence-corrected chi connectivity index (χ3v) is 5.01. The van der Waals surface area contributed by atoms with Crippen LogP contribution in [0.4, 0.5) is 0 Å². The lowest BCUT2D eigenvalue weighted by atomic mass is 10.00. The van der Waals surface area contributed by atoms with Crippen LogP contribution in [0.3, 0.4) is 0 Å². The summed E-state index contributed by atoms with van der Waals surface area (Å²) in [5.41, 5.74) is 1.42. The van der Waals surface area contributed by atoms with Crippen LogP contribution in [0.15, 0.2) is 29.2 Å². The molecular formula is C15H21NO2S. The van der Waals surface area contributed by atoms with Crippen LogP contribution in [0.2, 0.25) is 0 Å². The second-order valence-corrected chi connectivity index (χ2v) is 6.14. The molecule has 1 aliphatic heterocycles. The lowest BCUT2D eigenvalue weighted by Crippen LogP contribution is -2.37. The molecule has 2 atom stereocenters. The average molecular weight is 279 g/mol. The van der Waals surface area contributed by atoms with E-state index in [1.807, 2.05) is 18.7 Å². The molecule has 1 aliphatic rings. The predicted molar refractivity (Wildman–Crippen MR) is 78.9 cm³/mol. The summed E-state index contributed by atoms with van der Waals surface area (Å²) in [5.74, 6) is 0.917. The highest BCUT2D eigenvalue weighted by atomic mass is 32.2. The van der Waals surface area contributed by atoms with Gasteiger partial charge in [-0.05, 0) is 25.1 Å². The molecule has 0 fully saturated rings. The van der Waals surface area contributed by atoms with E-state index in [0.717, 1.165) is 18.8 Å². The summed E-state index contributed by atoms with van der Waals surface area (Å²) in [4.78, 5) is 14.5. The normalized spacial score (nSPS) is 19.4. The number of thioether (sulfide) groups is 1. The van der Waals surface area contributed by atoms with E-state index in [1.54, 1.807) is 0 Å². The molecule has 2 unspecified atom stereocenters. The zero-order valence-corrected chi connectivity index (χ0v) is 12.3. The summed E-state index contributed by atoms with van der Waals surface area (Å²) in [7, 11) is 0. The standard InChI is InChI=1S/C15H21NO2S/c1-3-16(11(2)8-15(17)18)9-12-10-19-14-7-5-4-6-13(12)14/h4-7,11-12H,3,8-10H2,1-2H3,(H,17,18). The Bertz CT molecular complexity index is 450. The van der Waals surface area contributed by atoms with Crippen LogP contribution in [0, 0.1) is 0 Å². The van der Waals surface area contributed by atoms with E-state index < -0.39 is 5.97 Å². The number of likely N-dealkylation sites (N-methyl/N-ethyl adjacent to an activating group) is 1. The Morgan fingerprint density at radius 2 is 2.26 bits per heavy atom. The van der Waals surface area contributed by atoms with Crippen molar-refractivity contribution in [3.63, 3.8) is 0 Å². The van der Waals surface area contributed by atoms with Crippen molar-refractivity contribution in [2.24, 2.45) is 0 Å². The number of fused-ring (bicyclic) bond motifs is 1. The fourth-order valence-electron chi connectivity index (χ4n) is 2.67. The van der Waals surface area contributed by atoms with Gasteiger partial charge in [0.2, 0.25) is 0 Å². The molecule has 1 aromatic rings. The molecule has 0 saturated carbocycles. The molecule has 0 radical (unpaired) electrons. The molecular weight excluding hydrogens is 258 g/mol. The molecule has 0 saturated heterocycles. The lowest BCUT2D eigenvalue weighted by Gasteiger charge is -2.29. The summed E-state index contributed by atoms with van der Waals surface area (Å²) in [6, 6.07) is 8.65. The number of carboxylic acid groups (broad SMARTS) is 1. The van der Waals surface area contributed by atoms with E-state index in [9.17, 15) is 4.79 Å². The molecule has 1 heterocycles. The number of aliphatic carboxylic acids is 1. The van der Waals surface area contributed by atoms with Crippen LogP contribution < -0.4 is 0 Å². The number of nitrogens with zero attached hydrogens (tertiary/aromatic N) is 1. The van der Waals surface area contributed by atoms with Crippen LogP contribution in [-0.2, 0) is 4.79 Å². The van der Waals surface area contributed by atoms with Crippen molar-refractivity contribution < 1.29 is 9.90 Å². The van der Waals surface area contributed by atoms with Crippen molar-refractivity contribution in [1.82, 2.24) is 4.90 Å². The molecule has 0 aromatic heterocycles. The highest BCUT2D eigenvalue weighted by Gasteiger charge is 2.26. The number of carbonyl (C=O) groups is 1. The van der Waals surface area contributed by atoms with Gasteiger partial charge in [-0.15, -0.1) is 11.8 Å². The Hall–Kier alpha value is -1.00. The zero-order chi connectivity index (χ0) is 13.8. The topological polar surface area (TPSA) is 40.5 Å². The smallest absolute Gasteiger partial charge is 0.304 e. The molecule has 0 aliphatic carbocycles. The summed E-state index contributed by atoms with van der Waals surface area (Å²) >= 11 is 1.91. The molecule has 4 heteroatoms. The number of hydrogen-bond acceptors (Lipinski definition) is 3. The molecule has 0 amide bonds. The predicted octanol–water partition coefficient (Wildman–Crippen LogP) is 3.06. The monoisotopic (exact) mass is 279 g/mol. The molecule has 2 rings (SSSR count). The van der Waals surface area contributed by atoms with Crippen molar-refractivity contribution in [3.8, 4) is 0 Å². The van der Waals surface area contributed by atoms with E-state index in [0.29, 0.717) is 5.92 Å². The SMILES string of the molecule is CCN(CC1CSc2ccccc21)C(C)CC(=O)O. The minimum atomic E-state index is -0.716. The summed E-state index contributed by atoms with van der Waals surface area (Å²) in [6.07, 6.45) is 0.218. The third kappa shape index (κ3) is 3.51. The Kier molecular flexibility index (Phi) is 4.88. The van der Waals surface area contributed by atoms with Gasteiger partial charge in [0.15, 0.2) is 0 Å². The quantitative estimate of drug-likeness (QED) is 0.869. The van der Waals surface area contributed by atoms with Gasteiger partial charge in [0.05, 0.1) is 6.42 Å². The van der Waals surface area contributed by atoms with E-state index in [2.05, 4.69) is 36.1 Å². The van der Waals surface area contributed by atoms with Crippen molar-refractivity contribution in [1.29, 1.82) is 0 Å². The molecule has 1 aromatic carbocycles. The highest BCUT2D eigenvalue weighted by molar-refractivity contribution is 7.99. The Morgan fingerprint density at radius 3 is 2.95 bits per heavy atom. The van der Waals surface area contributed by atoms with Gasteiger partial charge in [-0.3, -0.25) is 9.69 Å². The number of benzene rings is 1. The van der Waals surface area contributed by atoms with Gasteiger partial charge >= 0.3 is 5.97 Å². The summed E-state index contributed by atoms with van der Waals surface area (Å²) in [5, 5.41) is 8.92. The van der Waals surface area contributed by atoms with Gasteiger partial charge < -0.3 is 5.11 Å². The van der Waals surface area contributed by atoms with Crippen molar-refractivity contribution >= 4 is 17.7 Å². The van der Waals surface area contributed by atoms with Crippen LogP contribution in [-0.4, -0.2) is 40.9 Å². The number of hydrogen-bond donors (Lipinski definition) is 1. The van der Waals surface area contributed by atoms with Crippen LogP contribution in [0.5, 0.6) is 0 Å². The molecule has 3 nitrogen and oxygen atoms in total. The summed E-state index contributed by atoms with van der Waals surface area (Å²) in [6.45, 7) is 5.96. The molecule has 0 bridgehead atoms. The minimum absolute atomic E-state index is 0.0975. The van der Waals surface area contributed by atoms with Crippen molar-refractivity contribution in [2.75, 3.05) is 18.8 Å². The molecule has 104 valence electrons. The highest BCUT2D eigenvalue weighted by Crippen LogP contribution is 2.39. The fourth-order valence-corrected chi connectivity index (χ4v) is 3.91. The van der Waals surface area contributed by atoms with Gasteiger partial charge in [0.1, 0.15) is 0 Å². The first-order valence-corrected chi connectivity index (χ1v) is 7.78. The van der Waals surface area contributed by atoms with Crippen LogP contribution in [0.25, 0.3) is 0 Å². The fraction of sp³-hybridized carbons (Fsp3) is 0.533. The molecule has 19 heavy (non-hydrogen) atoms. The van der Waals surface area contributed by atoms with E-state index in [4.69, 9.17) is 5.11 Å². The first-order valence-electron chi connectivity index (χ1n) is 6.79. The largest absolute Gasteiger partial charge is 0.481 e. The van der Waals surface area contributed by atoms with Gasteiger partial charge in [-0.1, -0.05) is 25.1 Å². The Balaban J connectivity index is 2.02. The first kappa shape index (κ1) is 14.4. The molecule has 1 N–H and O–H groups in total. The maximum absolute atomic E-state index is 10.8. The zero-order valence-electron chi connectivity index (χ0n) is 11.5. The third-order valence-electron chi connectivity index (χ3n) is 3.75. The van der Waals surface area contributed by atoms with E-state index >= 15 is 0 Å². The van der Waals surface area contributed by atoms with Gasteiger partial charge in [-0.25, -0.2) is 0 Å². The Morgan fingerprint density at radius 1 is 1.53 bits per heavy atom. The Labute approximate surface area is 119 Å². The molecule has 0 spiro atoms. The summed E-state index contributed by atoms with van der Waals surface area (Å²) < 4.78 is 0. The van der Waals surface area contributed by atoms with Crippen LogP contribution in [0.1, 0.15) is 31.7 Å². The maximum Gasteiger partial charge on any atom is 0.304 e. The number of carboxylic acids is 1. The van der Waals surface area contributed by atoms with Gasteiger partial charge in [-0.2, -0.15) is 0 Å². The second kappa shape index (κ2) is 6.44. The van der Waals surface area contributed by atoms with Gasteiger partial charge in [0, 0.05) is 29.2 Å². The lowest BCUT2D eigenvalue weighted by molar-refractivity contribution is -0.138. The van der Waals surface area contributed by atoms with Gasteiger partial charge in [0.25, 0.3) is 0 Å². The number of rotatable bonds is 6. The van der Waals surface area contributed by atoms with Crippen molar-refractivity contribution in [3.05, 3.63) is 29.8 Å². The van der Waals surface area contributed by atoms with E-state index in [1.165, 1.54) is 10.5 Å². The van der Waals surface area contributed by atoms with E-state index in [-0.39, 0.29) is 12.5 Å². The maximum atomic E-state index is 10.8.